The molecule has 5 heteroatoms. The molecule has 1 aromatic carbocycles. The fraction of sp³-hybridized carbons (Fsp3) is 0. The Morgan fingerprint density at radius 2 is 1.95 bits per heavy atom. The van der Waals surface area contributed by atoms with Crippen LogP contribution in [0.5, 0.6) is 0 Å². The number of carbonyl (C=O) groups is 1. The van der Waals surface area contributed by atoms with Crippen LogP contribution in [0, 0.1) is 5.82 Å². The second-order valence-corrected chi connectivity index (χ2v) is 4.19. The maximum Gasteiger partial charge on any atom is 0.258 e. The van der Waals surface area contributed by atoms with Gasteiger partial charge in [0.2, 0.25) is 0 Å². The van der Waals surface area contributed by atoms with Crippen LogP contribution in [-0.2, 0) is 0 Å². The molecule has 3 aromatic rings. The fourth-order valence-corrected chi connectivity index (χ4v) is 1.95. The van der Waals surface area contributed by atoms with Crippen LogP contribution in [0.1, 0.15) is 10.4 Å². The van der Waals surface area contributed by atoms with Crippen molar-refractivity contribution in [1.29, 1.82) is 0 Å². The predicted molar refractivity (Wildman–Crippen MR) is 73.9 cm³/mol. The largest absolute Gasteiger partial charge is 0.320 e. The summed E-state index contributed by atoms with van der Waals surface area (Å²) in [5.74, 6) is -1.18. The number of hydrogen-bond acceptors (Lipinski definition) is 3. The summed E-state index contributed by atoms with van der Waals surface area (Å²) in [5.41, 5.74) is 1.16. The minimum Gasteiger partial charge on any atom is -0.320 e. The standard InChI is InChI=1S/C15H10FN3O/c16-12-9-17-8-6-11(12)15(20)19-13-5-1-3-10-4-2-7-18-14(10)13/h1-9H,(H,19,20). The van der Waals surface area contributed by atoms with Crippen LogP contribution in [0.15, 0.2) is 55.0 Å². The molecule has 2 aromatic heterocycles. The first-order valence-electron chi connectivity index (χ1n) is 6.00. The van der Waals surface area contributed by atoms with Crippen molar-refractivity contribution in [2.45, 2.75) is 0 Å². The Labute approximate surface area is 114 Å². The number of benzene rings is 1. The van der Waals surface area contributed by atoms with Crippen molar-refractivity contribution >= 4 is 22.5 Å². The van der Waals surface area contributed by atoms with Crippen LogP contribution in [0.3, 0.4) is 0 Å². The van der Waals surface area contributed by atoms with E-state index in [1.54, 1.807) is 12.3 Å². The van der Waals surface area contributed by atoms with Crippen LogP contribution in [0.2, 0.25) is 0 Å². The first kappa shape index (κ1) is 12.2. The zero-order chi connectivity index (χ0) is 13.9. The highest BCUT2D eigenvalue weighted by Gasteiger charge is 2.12. The SMILES string of the molecule is O=C(Nc1cccc2cccnc12)c1ccncc1F. The van der Waals surface area contributed by atoms with Crippen molar-refractivity contribution < 1.29 is 9.18 Å². The third-order valence-corrected chi connectivity index (χ3v) is 2.90. The molecular weight excluding hydrogens is 257 g/mol. The Morgan fingerprint density at radius 3 is 2.80 bits per heavy atom. The molecule has 0 aliphatic rings. The summed E-state index contributed by atoms with van der Waals surface area (Å²) in [6.45, 7) is 0. The quantitative estimate of drug-likeness (QED) is 0.776. The van der Waals surface area contributed by atoms with Gasteiger partial charge < -0.3 is 5.32 Å². The van der Waals surface area contributed by atoms with Crippen molar-refractivity contribution in [1.82, 2.24) is 9.97 Å². The van der Waals surface area contributed by atoms with Crippen molar-refractivity contribution in [2.24, 2.45) is 0 Å². The van der Waals surface area contributed by atoms with E-state index in [4.69, 9.17) is 0 Å². The van der Waals surface area contributed by atoms with Gasteiger partial charge in [-0.1, -0.05) is 18.2 Å². The monoisotopic (exact) mass is 267 g/mol. The molecule has 1 amide bonds. The van der Waals surface area contributed by atoms with Crippen LogP contribution >= 0.6 is 0 Å². The van der Waals surface area contributed by atoms with Gasteiger partial charge in [0.1, 0.15) is 0 Å². The van der Waals surface area contributed by atoms with E-state index in [0.717, 1.165) is 11.6 Å². The number of amides is 1. The minimum atomic E-state index is -0.654. The zero-order valence-electron chi connectivity index (χ0n) is 10.4. The highest BCUT2D eigenvalue weighted by Crippen LogP contribution is 2.21. The van der Waals surface area contributed by atoms with E-state index >= 15 is 0 Å². The van der Waals surface area contributed by atoms with E-state index < -0.39 is 11.7 Å². The Kier molecular flexibility index (Phi) is 3.09. The molecule has 0 aliphatic carbocycles. The van der Waals surface area contributed by atoms with Crippen LogP contribution in [0.4, 0.5) is 10.1 Å². The third kappa shape index (κ3) is 2.21. The number of para-hydroxylation sites is 1. The molecule has 0 unspecified atom stereocenters. The summed E-state index contributed by atoms with van der Waals surface area (Å²) in [5, 5.41) is 3.58. The summed E-state index contributed by atoms with van der Waals surface area (Å²) in [4.78, 5) is 19.9. The lowest BCUT2D eigenvalue weighted by atomic mass is 10.1. The van der Waals surface area contributed by atoms with E-state index in [2.05, 4.69) is 15.3 Å². The molecule has 1 N–H and O–H groups in total. The average molecular weight is 267 g/mol. The molecule has 0 atom stereocenters. The molecule has 2 heterocycles. The third-order valence-electron chi connectivity index (χ3n) is 2.90. The fourth-order valence-electron chi connectivity index (χ4n) is 1.95. The molecule has 4 nitrogen and oxygen atoms in total. The summed E-state index contributed by atoms with van der Waals surface area (Å²) in [6.07, 6.45) is 4.03. The molecule has 20 heavy (non-hydrogen) atoms. The second-order valence-electron chi connectivity index (χ2n) is 4.19. The topological polar surface area (TPSA) is 54.9 Å². The molecule has 98 valence electrons. The van der Waals surface area contributed by atoms with Gasteiger partial charge in [0, 0.05) is 17.8 Å². The second kappa shape index (κ2) is 5.05. The van der Waals surface area contributed by atoms with E-state index in [1.165, 1.54) is 12.3 Å². The molecule has 0 radical (unpaired) electrons. The van der Waals surface area contributed by atoms with Gasteiger partial charge in [0.05, 0.1) is 23.0 Å². The lowest BCUT2D eigenvalue weighted by Crippen LogP contribution is -2.14. The van der Waals surface area contributed by atoms with Crippen LogP contribution < -0.4 is 5.32 Å². The number of carbonyl (C=O) groups excluding carboxylic acids is 1. The molecule has 0 fully saturated rings. The number of halogens is 1. The Balaban J connectivity index is 1.98. The van der Waals surface area contributed by atoms with Crippen LogP contribution in [0.25, 0.3) is 10.9 Å². The van der Waals surface area contributed by atoms with E-state index in [9.17, 15) is 9.18 Å². The lowest BCUT2D eigenvalue weighted by molar-refractivity contribution is 0.102. The normalized spacial score (nSPS) is 10.4. The van der Waals surface area contributed by atoms with Gasteiger partial charge in [-0.05, 0) is 18.2 Å². The van der Waals surface area contributed by atoms with E-state index in [-0.39, 0.29) is 5.56 Å². The van der Waals surface area contributed by atoms with Gasteiger partial charge in [0.25, 0.3) is 5.91 Å². The zero-order valence-corrected chi connectivity index (χ0v) is 10.4. The Bertz CT molecular complexity index is 783. The summed E-state index contributed by atoms with van der Waals surface area (Å²) >= 11 is 0. The number of anilines is 1. The number of pyridine rings is 2. The van der Waals surface area contributed by atoms with E-state index in [1.807, 2.05) is 24.3 Å². The Hall–Kier alpha value is -2.82. The molecule has 0 aliphatic heterocycles. The first-order chi connectivity index (χ1) is 9.75. The number of fused-ring (bicyclic) bond motifs is 1. The number of aromatic nitrogens is 2. The molecule has 3 rings (SSSR count). The highest BCUT2D eigenvalue weighted by molar-refractivity contribution is 6.08. The lowest BCUT2D eigenvalue weighted by Gasteiger charge is -2.08. The summed E-state index contributed by atoms with van der Waals surface area (Å²) in [7, 11) is 0. The van der Waals surface area contributed by atoms with Gasteiger partial charge in [0.15, 0.2) is 5.82 Å². The van der Waals surface area contributed by atoms with Crippen molar-refractivity contribution in [2.75, 3.05) is 5.32 Å². The highest BCUT2D eigenvalue weighted by atomic mass is 19.1. The van der Waals surface area contributed by atoms with Gasteiger partial charge in [-0.2, -0.15) is 0 Å². The summed E-state index contributed by atoms with van der Waals surface area (Å²) in [6, 6.07) is 10.5. The van der Waals surface area contributed by atoms with Gasteiger partial charge in [-0.25, -0.2) is 4.39 Å². The molecule has 0 saturated heterocycles. The molecule has 0 bridgehead atoms. The minimum absolute atomic E-state index is 0.0482. The predicted octanol–water partition coefficient (Wildman–Crippen LogP) is 3.02. The van der Waals surface area contributed by atoms with Gasteiger partial charge >= 0.3 is 0 Å². The number of hydrogen-bond donors (Lipinski definition) is 1. The van der Waals surface area contributed by atoms with Crippen molar-refractivity contribution in [3.63, 3.8) is 0 Å². The molecule has 0 spiro atoms. The van der Waals surface area contributed by atoms with Gasteiger partial charge in [-0.3, -0.25) is 14.8 Å². The average Bonchev–Trinajstić information content (AvgIpc) is 2.48. The van der Waals surface area contributed by atoms with Gasteiger partial charge in [-0.15, -0.1) is 0 Å². The van der Waals surface area contributed by atoms with Crippen LogP contribution in [-0.4, -0.2) is 15.9 Å². The Morgan fingerprint density at radius 1 is 1.10 bits per heavy atom. The van der Waals surface area contributed by atoms with Crippen molar-refractivity contribution in [3.8, 4) is 0 Å². The van der Waals surface area contributed by atoms with E-state index in [0.29, 0.717) is 11.2 Å². The molecular formula is C15H10FN3O. The van der Waals surface area contributed by atoms with Crippen molar-refractivity contribution in [3.05, 3.63) is 66.4 Å². The number of nitrogens with zero attached hydrogens (tertiary/aromatic N) is 2. The molecule has 0 saturated carbocycles. The maximum atomic E-state index is 13.5. The summed E-state index contributed by atoms with van der Waals surface area (Å²) < 4.78 is 13.5. The maximum absolute atomic E-state index is 13.5. The smallest absolute Gasteiger partial charge is 0.258 e. The number of rotatable bonds is 2. The number of nitrogens with one attached hydrogen (secondary N) is 1. The first-order valence-corrected chi connectivity index (χ1v) is 6.00.